The van der Waals surface area contributed by atoms with Crippen LogP contribution in [0.4, 0.5) is 0 Å². The fourth-order valence-corrected chi connectivity index (χ4v) is 2.58. The molecule has 2 aromatic rings. The largest absolute Gasteiger partial charge is 0.493 e. The summed E-state index contributed by atoms with van der Waals surface area (Å²) in [7, 11) is 1.90. The normalized spacial score (nSPS) is 10.7. The van der Waals surface area contributed by atoms with E-state index in [9.17, 15) is 0 Å². The van der Waals surface area contributed by atoms with Crippen molar-refractivity contribution in [1.82, 2.24) is 9.55 Å². The summed E-state index contributed by atoms with van der Waals surface area (Å²) in [6.45, 7) is 0.632. The van der Waals surface area contributed by atoms with Crippen LogP contribution in [0.1, 0.15) is 5.69 Å². The van der Waals surface area contributed by atoms with Crippen molar-refractivity contribution in [1.29, 1.82) is 0 Å². The van der Waals surface area contributed by atoms with Gasteiger partial charge in [0.05, 0.1) is 25.1 Å². The number of aliphatic hydroxyl groups is 1. The number of aromatic nitrogens is 2. The van der Waals surface area contributed by atoms with Gasteiger partial charge in [0.2, 0.25) is 0 Å². The minimum absolute atomic E-state index is 0.0133. The first-order chi connectivity index (χ1) is 9.20. The van der Waals surface area contributed by atoms with Gasteiger partial charge in [0.25, 0.3) is 0 Å². The molecule has 0 saturated heterocycles. The lowest BCUT2D eigenvalue weighted by Gasteiger charge is -2.06. The first-order valence-electron chi connectivity index (χ1n) is 5.83. The Bertz CT molecular complexity index is 528. The summed E-state index contributed by atoms with van der Waals surface area (Å²) in [5.74, 6) is 1.67. The zero-order chi connectivity index (χ0) is 13.7. The molecule has 1 aromatic carbocycles. The highest BCUT2D eigenvalue weighted by Gasteiger charge is 2.05. The van der Waals surface area contributed by atoms with E-state index < -0.39 is 0 Å². The lowest BCUT2D eigenvalue weighted by molar-refractivity contribution is 0.271. The molecule has 4 nitrogen and oxygen atoms in total. The fourth-order valence-electron chi connectivity index (χ4n) is 1.53. The Morgan fingerprint density at radius 2 is 2.11 bits per heavy atom. The molecule has 0 fully saturated rings. The van der Waals surface area contributed by atoms with Crippen LogP contribution in [-0.2, 0) is 13.7 Å². The number of hydrogen-bond donors (Lipinski definition) is 1. The van der Waals surface area contributed by atoms with Crippen molar-refractivity contribution in [2.45, 2.75) is 11.8 Å². The third kappa shape index (κ3) is 3.99. The van der Waals surface area contributed by atoms with Gasteiger partial charge in [-0.25, -0.2) is 4.98 Å². The highest BCUT2D eigenvalue weighted by molar-refractivity contribution is 9.10. The molecule has 0 atom stereocenters. The maximum Gasteiger partial charge on any atom is 0.168 e. The van der Waals surface area contributed by atoms with Gasteiger partial charge in [-0.1, -0.05) is 27.7 Å². The van der Waals surface area contributed by atoms with Crippen molar-refractivity contribution in [3.63, 3.8) is 0 Å². The first-order valence-corrected chi connectivity index (χ1v) is 7.61. The standard InChI is InChI=1S/C13H15BrN2O2S/c1-16-11(9-17)8-15-13(16)19-7-6-18-12-4-2-10(14)3-5-12/h2-5,8,17H,6-7,9H2,1H3. The Kier molecular flexibility index (Phi) is 5.30. The van der Waals surface area contributed by atoms with E-state index in [0.29, 0.717) is 6.61 Å². The Balaban J connectivity index is 1.77. The van der Waals surface area contributed by atoms with Gasteiger partial charge in [-0.15, -0.1) is 0 Å². The third-order valence-electron chi connectivity index (χ3n) is 2.60. The molecule has 0 unspecified atom stereocenters. The van der Waals surface area contributed by atoms with Crippen LogP contribution < -0.4 is 4.74 Å². The summed E-state index contributed by atoms with van der Waals surface area (Å²) in [6.07, 6.45) is 1.69. The molecule has 0 bridgehead atoms. The van der Waals surface area contributed by atoms with Crippen molar-refractivity contribution < 1.29 is 9.84 Å². The molecule has 0 saturated carbocycles. The SMILES string of the molecule is Cn1c(CO)cnc1SCCOc1ccc(Br)cc1. The van der Waals surface area contributed by atoms with Crippen molar-refractivity contribution in [2.24, 2.45) is 7.05 Å². The Labute approximate surface area is 124 Å². The zero-order valence-electron chi connectivity index (χ0n) is 10.5. The van der Waals surface area contributed by atoms with Crippen LogP contribution in [-0.4, -0.2) is 27.0 Å². The number of thioether (sulfide) groups is 1. The van der Waals surface area contributed by atoms with Gasteiger partial charge in [-0.3, -0.25) is 0 Å². The Morgan fingerprint density at radius 1 is 1.37 bits per heavy atom. The molecule has 1 N–H and O–H groups in total. The molecule has 0 radical (unpaired) electrons. The predicted octanol–water partition coefficient (Wildman–Crippen LogP) is 2.85. The molecule has 0 spiro atoms. The topological polar surface area (TPSA) is 47.3 Å². The molecule has 6 heteroatoms. The van der Waals surface area contributed by atoms with Crippen molar-refractivity contribution in [3.05, 3.63) is 40.6 Å². The van der Waals surface area contributed by atoms with Crippen LogP contribution in [0, 0.1) is 0 Å². The average molecular weight is 343 g/mol. The number of rotatable bonds is 6. The van der Waals surface area contributed by atoms with Gasteiger partial charge in [0.1, 0.15) is 5.75 Å². The minimum Gasteiger partial charge on any atom is -0.493 e. The fraction of sp³-hybridized carbons (Fsp3) is 0.308. The lowest BCUT2D eigenvalue weighted by Crippen LogP contribution is -2.02. The lowest BCUT2D eigenvalue weighted by atomic mass is 10.3. The van der Waals surface area contributed by atoms with E-state index in [1.54, 1.807) is 18.0 Å². The van der Waals surface area contributed by atoms with Gasteiger partial charge >= 0.3 is 0 Å². The van der Waals surface area contributed by atoms with Crippen LogP contribution in [0.3, 0.4) is 0 Å². The van der Waals surface area contributed by atoms with E-state index in [1.165, 1.54) is 0 Å². The molecule has 1 aromatic heterocycles. The maximum atomic E-state index is 9.08. The van der Waals surface area contributed by atoms with Gasteiger partial charge in [-0.05, 0) is 24.3 Å². The van der Waals surface area contributed by atoms with E-state index in [2.05, 4.69) is 20.9 Å². The monoisotopic (exact) mass is 342 g/mol. The Hall–Kier alpha value is -0.980. The van der Waals surface area contributed by atoms with Crippen LogP contribution in [0.5, 0.6) is 5.75 Å². The first kappa shape index (κ1) is 14.4. The molecular weight excluding hydrogens is 328 g/mol. The summed E-state index contributed by atoms with van der Waals surface area (Å²) in [6, 6.07) is 7.77. The van der Waals surface area contributed by atoms with E-state index in [1.807, 2.05) is 35.9 Å². The highest BCUT2D eigenvalue weighted by atomic mass is 79.9. The maximum absolute atomic E-state index is 9.08. The van der Waals surface area contributed by atoms with E-state index in [0.717, 1.165) is 26.8 Å². The second-order valence-electron chi connectivity index (χ2n) is 3.90. The number of hydrogen-bond acceptors (Lipinski definition) is 4. The van der Waals surface area contributed by atoms with E-state index in [4.69, 9.17) is 9.84 Å². The number of ether oxygens (including phenoxy) is 1. The van der Waals surface area contributed by atoms with Crippen molar-refractivity contribution in [3.8, 4) is 5.75 Å². The molecule has 102 valence electrons. The minimum atomic E-state index is 0.0133. The second kappa shape index (κ2) is 6.98. The quantitative estimate of drug-likeness (QED) is 0.647. The van der Waals surface area contributed by atoms with Crippen molar-refractivity contribution >= 4 is 27.7 Å². The summed E-state index contributed by atoms with van der Waals surface area (Å²) >= 11 is 5.00. The highest BCUT2D eigenvalue weighted by Crippen LogP contribution is 2.19. The summed E-state index contributed by atoms with van der Waals surface area (Å²) < 4.78 is 8.56. The summed E-state index contributed by atoms with van der Waals surface area (Å²) in [5, 5.41) is 9.97. The molecule has 0 aliphatic rings. The zero-order valence-corrected chi connectivity index (χ0v) is 12.9. The van der Waals surface area contributed by atoms with Crippen LogP contribution in [0.15, 0.2) is 40.1 Å². The van der Waals surface area contributed by atoms with Gasteiger partial charge in [0.15, 0.2) is 5.16 Å². The third-order valence-corrected chi connectivity index (χ3v) is 4.14. The molecule has 2 rings (SSSR count). The van der Waals surface area contributed by atoms with Crippen LogP contribution in [0.2, 0.25) is 0 Å². The molecule has 0 amide bonds. The predicted molar refractivity (Wildman–Crippen MR) is 79.5 cm³/mol. The van der Waals surface area contributed by atoms with Gasteiger partial charge in [-0.2, -0.15) is 0 Å². The molecule has 0 aliphatic heterocycles. The number of imidazole rings is 1. The molecule has 0 aliphatic carbocycles. The van der Waals surface area contributed by atoms with E-state index >= 15 is 0 Å². The smallest absolute Gasteiger partial charge is 0.168 e. The van der Waals surface area contributed by atoms with Gasteiger partial charge < -0.3 is 14.4 Å². The molecule has 1 heterocycles. The van der Waals surface area contributed by atoms with Gasteiger partial charge in [0, 0.05) is 17.3 Å². The van der Waals surface area contributed by atoms with Crippen LogP contribution in [0.25, 0.3) is 0 Å². The van der Waals surface area contributed by atoms with Crippen LogP contribution >= 0.6 is 27.7 Å². The number of aliphatic hydroxyl groups excluding tert-OH is 1. The summed E-state index contributed by atoms with van der Waals surface area (Å²) in [5.41, 5.74) is 0.816. The average Bonchev–Trinajstić information content (AvgIpc) is 2.77. The van der Waals surface area contributed by atoms with E-state index in [-0.39, 0.29) is 6.61 Å². The number of nitrogens with zero attached hydrogens (tertiary/aromatic N) is 2. The molecule has 19 heavy (non-hydrogen) atoms. The molecular formula is C13H15BrN2O2S. The number of benzene rings is 1. The Morgan fingerprint density at radius 3 is 2.74 bits per heavy atom. The number of halogens is 1. The second-order valence-corrected chi connectivity index (χ2v) is 5.88. The van der Waals surface area contributed by atoms with Crippen molar-refractivity contribution in [2.75, 3.05) is 12.4 Å². The summed E-state index contributed by atoms with van der Waals surface area (Å²) in [4.78, 5) is 4.25.